The summed E-state index contributed by atoms with van der Waals surface area (Å²) in [7, 11) is 0. The van der Waals surface area contributed by atoms with E-state index in [1.165, 1.54) is 0 Å². The lowest BCUT2D eigenvalue weighted by atomic mass is 9.92. The van der Waals surface area contributed by atoms with Crippen molar-refractivity contribution in [2.24, 2.45) is 5.41 Å². The summed E-state index contributed by atoms with van der Waals surface area (Å²) < 4.78 is 2.00. The van der Waals surface area contributed by atoms with Gasteiger partial charge in [-0.3, -0.25) is 4.79 Å². The number of aldehydes is 1. The first-order valence-electron chi connectivity index (χ1n) is 4.63. The molecule has 0 aliphatic rings. The van der Waals surface area contributed by atoms with E-state index in [-0.39, 0.29) is 0 Å². The minimum Gasteiger partial charge on any atom is -0.345 e. The second kappa shape index (κ2) is 3.77. The van der Waals surface area contributed by atoms with Gasteiger partial charge >= 0.3 is 0 Å². The van der Waals surface area contributed by atoms with E-state index in [0.29, 0.717) is 5.41 Å². The standard InChI is InChI=1S/C11H17NO/c1-11(2,3)6-8-12-7-4-5-10(12)9-13/h4-5,7,9H,6,8H2,1-3H3. The van der Waals surface area contributed by atoms with Gasteiger partial charge in [-0.1, -0.05) is 20.8 Å². The van der Waals surface area contributed by atoms with Crippen LogP contribution in [0.4, 0.5) is 0 Å². The Morgan fingerprint density at radius 3 is 2.69 bits per heavy atom. The Morgan fingerprint density at radius 2 is 2.15 bits per heavy atom. The van der Waals surface area contributed by atoms with E-state index in [4.69, 9.17) is 0 Å². The minimum atomic E-state index is 0.324. The molecule has 13 heavy (non-hydrogen) atoms. The number of aryl methyl sites for hydroxylation is 1. The first kappa shape index (κ1) is 10.0. The summed E-state index contributed by atoms with van der Waals surface area (Å²) >= 11 is 0. The molecule has 0 aromatic carbocycles. The van der Waals surface area contributed by atoms with E-state index in [1.807, 2.05) is 22.9 Å². The third kappa shape index (κ3) is 3.05. The average Bonchev–Trinajstić information content (AvgIpc) is 2.46. The smallest absolute Gasteiger partial charge is 0.166 e. The van der Waals surface area contributed by atoms with Gasteiger partial charge in [0.25, 0.3) is 0 Å². The van der Waals surface area contributed by atoms with Crippen LogP contribution in [-0.2, 0) is 6.54 Å². The zero-order chi connectivity index (χ0) is 9.90. The number of nitrogens with zero attached hydrogens (tertiary/aromatic N) is 1. The van der Waals surface area contributed by atoms with E-state index >= 15 is 0 Å². The minimum absolute atomic E-state index is 0.324. The average molecular weight is 179 g/mol. The highest BCUT2D eigenvalue weighted by atomic mass is 16.1. The van der Waals surface area contributed by atoms with Gasteiger partial charge in [0.2, 0.25) is 0 Å². The van der Waals surface area contributed by atoms with Crippen LogP contribution in [-0.4, -0.2) is 10.9 Å². The highest BCUT2D eigenvalue weighted by Crippen LogP contribution is 2.19. The van der Waals surface area contributed by atoms with Crippen molar-refractivity contribution in [1.82, 2.24) is 4.57 Å². The monoisotopic (exact) mass is 179 g/mol. The van der Waals surface area contributed by atoms with Crippen molar-refractivity contribution in [2.75, 3.05) is 0 Å². The molecule has 0 N–H and O–H groups in total. The van der Waals surface area contributed by atoms with Crippen LogP contribution < -0.4 is 0 Å². The maximum atomic E-state index is 10.6. The highest BCUT2D eigenvalue weighted by Gasteiger charge is 2.10. The van der Waals surface area contributed by atoms with Crippen LogP contribution in [0.15, 0.2) is 18.3 Å². The molecular formula is C11H17NO. The Kier molecular flexibility index (Phi) is 2.91. The molecule has 0 radical (unpaired) electrons. The predicted octanol–water partition coefficient (Wildman–Crippen LogP) is 2.74. The molecule has 2 nitrogen and oxygen atoms in total. The Labute approximate surface area is 79.6 Å². The second-order valence-electron chi connectivity index (χ2n) is 4.55. The molecular weight excluding hydrogens is 162 g/mol. The van der Waals surface area contributed by atoms with Crippen LogP contribution in [0.2, 0.25) is 0 Å². The normalized spacial score (nSPS) is 11.6. The lowest BCUT2D eigenvalue weighted by Crippen LogP contribution is -2.11. The van der Waals surface area contributed by atoms with Gasteiger partial charge in [-0.15, -0.1) is 0 Å². The van der Waals surface area contributed by atoms with Crippen LogP contribution in [0.3, 0.4) is 0 Å². The van der Waals surface area contributed by atoms with Gasteiger partial charge in [0.1, 0.15) is 0 Å². The van der Waals surface area contributed by atoms with Crippen molar-refractivity contribution in [3.63, 3.8) is 0 Å². The summed E-state index contributed by atoms with van der Waals surface area (Å²) in [5.74, 6) is 0. The summed E-state index contributed by atoms with van der Waals surface area (Å²) in [6.45, 7) is 7.54. The molecule has 2 heteroatoms. The number of hydrogen-bond donors (Lipinski definition) is 0. The molecule has 0 amide bonds. The second-order valence-corrected chi connectivity index (χ2v) is 4.55. The molecule has 0 saturated heterocycles. The quantitative estimate of drug-likeness (QED) is 0.654. The van der Waals surface area contributed by atoms with Gasteiger partial charge in [-0.2, -0.15) is 0 Å². The number of carbonyl (C=O) groups excluding carboxylic acids is 1. The zero-order valence-corrected chi connectivity index (χ0v) is 8.58. The summed E-state index contributed by atoms with van der Waals surface area (Å²) in [5.41, 5.74) is 1.09. The van der Waals surface area contributed by atoms with Crippen molar-refractivity contribution in [3.05, 3.63) is 24.0 Å². The molecule has 1 heterocycles. The van der Waals surface area contributed by atoms with Gasteiger partial charge in [0, 0.05) is 12.7 Å². The number of aromatic nitrogens is 1. The molecule has 1 aromatic rings. The Morgan fingerprint density at radius 1 is 1.46 bits per heavy atom. The van der Waals surface area contributed by atoms with Gasteiger partial charge < -0.3 is 4.57 Å². The van der Waals surface area contributed by atoms with Gasteiger partial charge in [-0.05, 0) is 24.0 Å². The molecule has 0 spiro atoms. The van der Waals surface area contributed by atoms with E-state index in [9.17, 15) is 4.79 Å². The molecule has 1 rings (SSSR count). The molecule has 0 fully saturated rings. The van der Waals surface area contributed by atoms with Gasteiger partial charge in [0.05, 0.1) is 5.69 Å². The Balaban J connectivity index is 2.59. The molecule has 0 aliphatic heterocycles. The summed E-state index contributed by atoms with van der Waals surface area (Å²) in [6.07, 6.45) is 3.95. The van der Waals surface area contributed by atoms with Crippen molar-refractivity contribution < 1.29 is 4.79 Å². The van der Waals surface area contributed by atoms with Crippen molar-refractivity contribution in [2.45, 2.75) is 33.7 Å². The van der Waals surface area contributed by atoms with E-state index in [1.54, 1.807) is 0 Å². The molecule has 0 saturated carbocycles. The molecule has 1 aromatic heterocycles. The molecule has 0 bridgehead atoms. The Hall–Kier alpha value is -1.05. The fourth-order valence-electron chi connectivity index (χ4n) is 1.19. The third-order valence-corrected chi connectivity index (χ3v) is 2.09. The predicted molar refractivity (Wildman–Crippen MR) is 53.9 cm³/mol. The van der Waals surface area contributed by atoms with Crippen LogP contribution in [0, 0.1) is 5.41 Å². The largest absolute Gasteiger partial charge is 0.345 e. The lowest BCUT2D eigenvalue weighted by Gasteiger charge is -2.18. The topological polar surface area (TPSA) is 22.0 Å². The van der Waals surface area contributed by atoms with Crippen LogP contribution in [0.25, 0.3) is 0 Å². The third-order valence-electron chi connectivity index (χ3n) is 2.09. The maximum Gasteiger partial charge on any atom is 0.166 e. The van der Waals surface area contributed by atoms with Gasteiger partial charge in [-0.25, -0.2) is 0 Å². The van der Waals surface area contributed by atoms with E-state index in [2.05, 4.69) is 20.8 Å². The fourth-order valence-corrected chi connectivity index (χ4v) is 1.19. The number of rotatable bonds is 3. The maximum absolute atomic E-state index is 10.6. The Bertz CT molecular complexity index is 281. The SMILES string of the molecule is CC(C)(C)CCn1cccc1C=O. The van der Waals surface area contributed by atoms with E-state index in [0.717, 1.165) is 24.9 Å². The molecule has 0 unspecified atom stereocenters. The van der Waals surface area contributed by atoms with Crippen LogP contribution in [0.5, 0.6) is 0 Å². The van der Waals surface area contributed by atoms with E-state index < -0.39 is 0 Å². The zero-order valence-electron chi connectivity index (χ0n) is 8.58. The van der Waals surface area contributed by atoms with Crippen LogP contribution >= 0.6 is 0 Å². The van der Waals surface area contributed by atoms with Crippen molar-refractivity contribution in [1.29, 1.82) is 0 Å². The molecule has 0 atom stereocenters. The summed E-state index contributed by atoms with van der Waals surface area (Å²) in [4.78, 5) is 10.6. The summed E-state index contributed by atoms with van der Waals surface area (Å²) in [5, 5.41) is 0. The number of carbonyl (C=O) groups is 1. The fraction of sp³-hybridized carbons (Fsp3) is 0.545. The first-order valence-corrected chi connectivity index (χ1v) is 4.63. The number of hydrogen-bond acceptors (Lipinski definition) is 1. The first-order chi connectivity index (χ1) is 6.03. The van der Waals surface area contributed by atoms with Crippen molar-refractivity contribution >= 4 is 6.29 Å². The highest BCUT2D eigenvalue weighted by molar-refractivity contribution is 5.72. The lowest BCUT2D eigenvalue weighted by molar-refractivity contribution is 0.111. The molecule has 0 aliphatic carbocycles. The van der Waals surface area contributed by atoms with Crippen molar-refractivity contribution in [3.8, 4) is 0 Å². The summed E-state index contributed by atoms with van der Waals surface area (Å²) in [6, 6.07) is 3.75. The van der Waals surface area contributed by atoms with Crippen LogP contribution in [0.1, 0.15) is 37.7 Å². The van der Waals surface area contributed by atoms with Gasteiger partial charge in [0.15, 0.2) is 6.29 Å². The molecule has 72 valence electrons.